The van der Waals surface area contributed by atoms with Crippen LogP contribution in [0.5, 0.6) is 0 Å². The molecule has 1 unspecified atom stereocenters. The van der Waals surface area contributed by atoms with E-state index >= 15 is 0 Å². The number of hydrogen-bond acceptors (Lipinski definition) is 1. The molecule has 0 amide bonds. The van der Waals surface area contributed by atoms with Gasteiger partial charge in [-0.3, -0.25) is 0 Å². The minimum atomic E-state index is -0.169. The fourth-order valence-electron chi connectivity index (χ4n) is 4.90. The van der Waals surface area contributed by atoms with E-state index in [2.05, 4.69) is 118 Å². The first-order valence-electron chi connectivity index (χ1n) is 9.93. The van der Waals surface area contributed by atoms with Crippen molar-refractivity contribution >= 4 is 5.69 Å². The summed E-state index contributed by atoms with van der Waals surface area (Å²) in [6.45, 7) is 9.45. The van der Waals surface area contributed by atoms with E-state index in [1.165, 1.54) is 22.4 Å². The van der Waals surface area contributed by atoms with Crippen LogP contribution in [0, 0.1) is 12.3 Å². The SMILES string of the molecule is Cc1ccccc1N1C(C)C(C)(C)CC1(c1ccccc1)c1ccccc1. The van der Waals surface area contributed by atoms with Crippen LogP contribution in [-0.2, 0) is 5.54 Å². The number of hydrogen-bond donors (Lipinski definition) is 0. The Kier molecular flexibility index (Phi) is 4.34. The topological polar surface area (TPSA) is 3.24 Å². The van der Waals surface area contributed by atoms with Gasteiger partial charge in [-0.1, -0.05) is 92.7 Å². The highest BCUT2D eigenvalue weighted by molar-refractivity contribution is 5.63. The molecule has 3 aromatic carbocycles. The van der Waals surface area contributed by atoms with E-state index in [9.17, 15) is 0 Å². The van der Waals surface area contributed by atoms with Crippen molar-refractivity contribution in [2.24, 2.45) is 5.41 Å². The van der Waals surface area contributed by atoms with Crippen molar-refractivity contribution in [3.05, 3.63) is 102 Å². The Morgan fingerprint density at radius 1 is 0.741 bits per heavy atom. The van der Waals surface area contributed by atoms with Gasteiger partial charge in [-0.15, -0.1) is 0 Å². The maximum Gasteiger partial charge on any atom is 0.0915 e. The van der Waals surface area contributed by atoms with Crippen molar-refractivity contribution in [3.8, 4) is 0 Å². The largest absolute Gasteiger partial charge is 0.354 e. The fraction of sp³-hybridized carbons (Fsp3) is 0.308. The second-order valence-corrected chi connectivity index (χ2v) is 8.59. The predicted octanol–water partition coefficient (Wildman–Crippen LogP) is 6.56. The molecular formula is C26H29N. The Hall–Kier alpha value is -2.54. The number of para-hydroxylation sites is 1. The van der Waals surface area contributed by atoms with Gasteiger partial charge in [0.2, 0.25) is 0 Å². The maximum atomic E-state index is 2.69. The molecule has 0 N–H and O–H groups in total. The molecule has 0 spiro atoms. The second-order valence-electron chi connectivity index (χ2n) is 8.59. The molecule has 1 heteroatoms. The molecule has 1 atom stereocenters. The summed E-state index contributed by atoms with van der Waals surface area (Å²) in [6.07, 6.45) is 1.09. The van der Waals surface area contributed by atoms with E-state index in [0.29, 0.717) is 6.04 Å². The van der Waals surface area contributed by atoms with Crippen LogP contribution in [0.15, 0.2) is 84.9 Å². The second kappa shape index (κ2) is 6.56. The van der Waals surface area contributed by atoms with Gasteiger partial charge in [0.15, 0.2) is 0 Å². The van der Waals surface area contributed by atoms with Crippen LogP contribution in [-0.4, -0.2) is 6.04 Å². The summed E-state index contributed by atoms with van der Waals surface area (Å²) in [5, 5.41) is 0. The highest BCUT2D eigenvalue weighted by atomic mass is 15.3. The van der Waals surface area contributed by atoms with Crippen LogP contribution in [0.25, 0.3) is 0 Å². The first-order chi connectivity index (χ1) is 13.0. The molecule has 1 saturated heterocycles. The average molecular weight is 356 g/mol. The zero-order chi connectivity index (χ0) is 19.1. The van der Waals surface area contributed by atoms with Crippen molar-refractivity contribution in [2.45, 2.75) is 45.7 Å². The third-order valence-corrected chi connectivity index (χ3v) is 6.52. The van der Waals surface area contributed by atoms with Gasteiger partial charge >= 0.3 is 0 Å². The summed E-state index contributed by atoms with van der Waals surface area (Å²) < 4.78 is 0. The molecule has 1 nitrogen and oxygen atoms in total. The normalized spacial score (nSPS) is 20.6. The summed E-state index contributed by atoms with van der Waals surface area (Å²) in [5.41, 5.74) is 5.43. The molecule has 3 aromatic rings. The molecular weight excluding hydrogens is 326 g/mol. The standard InChI is InChI=1S/C26H29N/c1-20-13-11-12-18-24(20)27-21(2)25(3,4)19-26(27,22-14-7-5-8-15-22)23-16-9-6-10-17-23/h5-18,21H,19H2,1-4H3. The van der Waals surface area contributed by atoms with Gasteiger partial charge in [-0.05, 0) is 48.4 Å². The number of rotatable bonds is 3. The average Bonchev–Trinajstić information content (AvgIpc) is 2.91. The minimum absolute atomic E-state index is 0.169. The lowest BCUT2D eigenvalue weighted by molar-refractivity contribution is 0.330. The lowest BCUT2D eigenvalue weighted by Crippen LogP contribution is -2.46. The Morgan fingerprint density at radius 2 is 1.22 bits per heavy atom. The molecule has 0 aliphatic carbocycles. The monoisotopic (exact) mass is 355 g/mol. The van der Waals surface area contributed by atoms with Gasteiger partial charge in [0.1, 0.15) is 0 Å². The molecule has 0 saturated carbocycles. The number of nitrogens with zero attached hydrogens (tertiary/aromatic N) is 1. The minimum Gasteiger partial charge on any atom is -0.354 e. The molecule has 0 bridgehead atoms. The Labute approximate surface area is 163 Å². The number of benzene rings is 3. The Balaban J connectivity index is 2.05. The Morgan fingerprint density at radius 3 is 1.74 bits per heavy atom. The van der Waals surface area contributed by atoms with Gasteiger partial charge in [-0.25, -0.2) is 0 Å². The summed E-state index contributed by atoms with van der Waals surface area (Å²) in [5.74, 6) is 0. The van der Waals surface area contributed by atoms with Crippen LogP contribution in [0.3, 0.4) is 0 Å². The highest BCUT2D eigenvalue weighted by Gasteiger charge is 2.55. The maximum absolute atomic E-state index is 2.69. The number of anilines is 1. The van der Waals surface area contributed by atoms with E-state index in [4.69, 9.17) is 0 Å². The molecule has 1 aliphatic rings. The van der Waals surface area contributed by atoms with E-state index in [1.807, 2.05) is 0 Å². The van der Waals surface area contributed by atoms with Crippen molar-refractivity contribution in [2.75, 3.05) is 4.90 Å². The summed E-state index contributed by atoms with van der Waals surface area (Å²) in [7, 11) is 0. The highest BCUT2D eigenvalue weighted by Crippen LogP contribution is 2.56. The van der Waals surface area contributed by atoms with E-state index in [0.717, 1.165) is 6.42 Å². The molecule has 0 aromatic heterocycles. The van der Waals surface area contributed by atoms with Gasteiger partial charge in [0, 0.05) is 11.7 Å². The molecule has 0 radical (unpaired) electrons. The van der Waals surface area contributed by atoms with Crippen LogP contribution < -0.4 is 4.90 Å². The zero-order valence-electron chi connectivity index (χ0n) is 16.8. The van der Waals surface area contributed by atoms with Gasteiger partial charge in [0.05, 0.1) is 5.54 Å². The molecule has 27 heavy (non-hydrogen) atoms. The third kappa shape index (κ3) is 2.77. The lowest BCUT2D eigenvalue weighted by atomic mass is 9.74. The van der Waals surface area contributed by atoms with Crippen LogP contribution in [0.4, 0.5) is 5.69 Å². The molecule has 1 fully saturated rings. The lowest BCUT2D eigenvalue weighted by Gasteiger charge is -2.44. The summed E-state index contributed by atoms with van der Waals surface area (Å²) in [6, 6.07) is 31.3. The van der Waals surface area contributed by atoms with Crippen LogP contribution in [0.1, 0.15) is 43.9 Å². The van der Waals surface area contributed by atoms with Crippen molar-refractivity contribution in [1.82, 2.24) is 0 Å². The van der Waals surface area contributed by atoms with Crippen molar-refractivity contribution < 1.29 is 0 Å². The Bertz CT molecular complexity index is 872. The van der Waals surface area contributed by atoms with E-state index in [-0.39, 0.29) is 11.0 Å². The zero-order valence-corrected chi connectivity index (χ0v) is 16.8. The number of aryl methyl sites for hydroxylation is 1. The summed E-state index contributed by atoms with van der Waals surface area (Å²) in [4.78, 5) is 2.69. The van der Waals surface area contributed by atoms with E-state index in [1.54, 1.807) is 0 Å². The quantitative estimate of drug-likeness (QED) is 0.514. The van der Waals surface area contributed by atoms with Gasteiger partial charge < -0.3 is 4.90 Å². The molecule has 138 valence electrons. The fourth-order valence-corrected chi connectivity index (χ4v) is 4.90. The third-order valence-electron chi connectivity index (χ3n) is 6.52. The van der Waals surface area contributed by atoms with Crippen LogP contribution in [0.2, 0.25) is 0 Å². The van der Waals surface area contributed by atoms with Gasteiger partial charge in [0.25, 0.3) is 0 Å². The van der Waals surface area contributed by atoms with Crippen molar-refractivity contribution in [1.29, 1.82) is 0 Å². The molecule has 4 rings (SSSR count). The summed E-state index contributed by atoms with van der Waals surface area (Å²) >= 11 is 0. The predicted molar refractivity (Wildman–Crippen MR) is 115 cm³/mol. The smallest absolute Gasteiger partial charge is 0.0915 e. The van der Waals surface area contributed by atoms with Crippen LogP contribution >= 0.6 is 0 Å². The van der Waals surface area contributed by atoms with Gasteiger partial charge in [-0.2, -0.15) is 0 Å². The molecule has 1 aliphatic heterocycles. The first-order valence-corrected chi connectivity index (χ1v) is 9.93. The first kappa shape index (κ1) is 17.9. The van der Waals surface area contributed by atoms with E-state index < -0.39 is 0 Å². The van der Waals surface area contributed by atoms with Crippen molar-refractivity contribution in [3.63, 3.8) is 0 Å². The molecule has 1 heterocycles.